The van der Waals surface area contributed by atoms with E-state index in [2.05, 4.69) is 67.5 Å². The smallest absolute Gasteiger partial charge is 0.222 e. The predicted molar refractivity (Wildman–Crippen MR) is 219 cm³/mol. The average Bonchev–Trinajstić information content (AvgIpc) is 4.06. The van der Waals surface area contributed by atoms with Crippen LogP contribution in [0.4, 0.5) is 0 Å². The van der Waals surface area contributed by atoms with Crippen LogP contribution in [0.25, 0.3) is 0 Å². The van der Waals surface area contributed by atoms with Crippen molar-refractivity contribution >= 4 is 0 Å². The van der Waals surface area contributed by atoms with Gasteiger partial charge < -0.3 is 47.4 Å². The summed E-state index contributed by atoms with van der Waals surface area (Å²) in [6.45, 7) is 11.7. The molecule has 10 nitrogen and oxygen atoms in total. The Morgan fingerprint density at radius 2 is 1.24 bits per heavy atom. The Kier molecular flexibility index (Phi) is 55.3. The molecule has 2 saturated heterocycles. The van der Waals surface area contributed by atoms with E-state index >= 15 is 0 Å². The highest BCUT2D eigenvalue weighted by Gasteiger charge is 2.21. The van der Waals surface area contributed by atoms with Gasteiger partial charge in [0.1, 0.15) is 58.1 Å². The Morgan fingerprint density at radius 1 is 0.691 bits per heavy atom. The lowest BCUT2D eigenvalue weighted by Crippen LogP contribution is -2.22. The molecule has 1 aromatic rings. The first-order valence-electron chi connectivity index (χ1n) is 17.2. The molecule has 1 aromatic carbocycles. The quantitative estimate of drug-likeness (QED) is 0.104. The van der Waals surface area contributed by atoms with E-state index in [1.165, 1.54) is 6.42 Å². The van der Waals surface area contributed by atoms with Crippen LogP contribution in [0.2, 0.25) is 0 Å². The molecule has 2 heterocycles. The highest BCUT2D eigenvalue weighted by Crippen LogP contribution is 2.13. The summed E-state index contributed by atoms with van der Waals surface area (Å²) in [7, 11) is 3.20. The standard InChI is InChI=1S/C9H8O.C8H12O2.C7H12O2.C6H8O2.C6H6O.C5H8O.C4H6O/c1-2-8-10-9-6-4-3-5-7-9;1-2-6-9-8-5-3-4-7-10-8;1-4-7(8-5-2)9-6-3;1-2-3-7-4-6-5-8-6;1-3-5-7-6-4-2;1-3-4-5-6-2;1-3-4-5-2/h1,3-7H,8H2;1,8H,3-7H2;1,7H,5-6H2,2-3H3;1,6H,3-5H2;1-2H,5-6H2;5H2,1-2H3;1H,4H2,2H3. The van der Waals surface area contributed by atoms with Crippen molar-refractivity contribution in [3.8, 4) is 104 Å². The first-order valence-corrected chi connectivity index (χ1v) is 17.2. The summed E-state index contributed by atoms with van der Waals surface area (Å²) >= 11 is 0. The second-order valence-corrected chi connectivity index (χ2v) is 9.60. The maximum Gasteiger partial charge on any atom is 0.222 e. The number of benzene rings is 1. The second-order valence-electron chi connectivity index (χ2n) is 9.60. The van der Waals surface area contributed by atoms with Crippen LogP contribution in [0.1, 0.15) is 40.0 Å². The van der Waals surface area contributed by atoms with Gasteiger partial charge in [-0.25, -0.2) is 0 Å². The first kappa shape index (κ1) is 56.9. The molecule has 0 aliphatic carbocycles. The summed E-state index contributed by atoms with van der Waals surface area (Å²) < 4.78 is 49.0. The van der Waals surface area contributed by atoms with Gasteiger partial charge in [0, 0.05) is 34.0 Å². The van der Waals surface area contributed by atoms with Crippen LogP contribution in [0.5, 0.6) is 5.75 Å². The van der Waals surface area contributed by atoms with Crippen molar-refractivity contribution in [3.63, 3.8) is 0 Å². The summed E-state index contributed by atoms with van der Waals surface area (Å²) in [4.78, 5) is 0. The number of methoxy groups -OCH3 is 2. The molecule has 2 aliphatic rings. The SMILES string of the molecule is C#CC(OCC)OCC.C#CCOC.C#CCOC1CCCCO1.C#CCOCC#C.C#CCOCC1CO1.C#CCOc1ccccc1.CC#CCOC. The van der Waals surface area contributed by atoms with Gasteiger partial charge in [-0.15, -0.1) is 50.9 Å². The molecule has 0 N–H and O–H groups in total. The maximum absolute atomic E-state index is 5.26. The highest BCUT2D eigenvalue weighted by atomic mass is 16.7. The second kappa shape index (κ2) is 53.5. The molecule has 0 aromatic heterocycles. The summed E-state index contributed by atoms with van der Waals surface area (Å²) in [5.74, 6) is 22.6. The van der Waals surface area contributed by atoms with Crippen molar-refractivity contribution < 1.29 is 47.4 Å². The number of ether oxygens (including phenoxy) is 10. The topological polar surface area (TPSA) is 95.6 Å². The lowest BCUT2D eigenvalue weighted by atomic mass is 10.2. The number of hydrogen-bond acceptors (Lipinski definition) is 10. The van der Waals surface area contributed by atoms with E-state index in [-0.39, 0.29) is 6.29 Å². The minimum absolute atomic E-state index is 0.0372. The fourth-order valence-corrected chi connectivity index (χ4v) is 2.88. The number of rotatable bonds is 15. The molecule has 0 bridgehead atoms. The van der Waals surface area contributed by atoms with Gasteiger partial charge in [0.05, 0.1) is 13.2 Å². The lowest BCUT2D eigenvalue weighted by Gasteiger charge is -2.21. The molecule has 300 valence electrons. The molecular weight excluding hydrogens is 700 g/mol. The molecule has 0 radical (unpaired) electrons. The van der Waals surface area contributed by atoms with Gasteiger partial charge in [-0.05, 0) is 58.1 Å². The lowest BCUT2D eigenvalue weighted by molar-refractivity contribution is -0.154. The third-order valence-electron chi connectivity index (χ3n) is 5.21. The highest BCUT2D eigenvalue weighted by molar-refractivity contribution is 5.21. The Labute approximate surface area is 333 Å². The molecule has 10 heteroatoms. The van der Waals surface area contributed by atoms with Crippen LogP contribution >= 0.6 is 0 Å². The van der Waals surface area contributed by atoms with Crippen molar-refractivity contribution in [2.75, 3.05) is 93.5 Å². The number of terminal acetylenes is 7. The minimum Gasteiger partial charge on any atom is -0.481 e. The average molecular weight is 761 g/mol. The third-order valence-corrected chi connectivity index (χ3v) is 5.21. The number of para-hydroxylation sites is 1. The molecule has 0 amide bonds. The molecule has 2 unspecified atom stereocenters. The zero-order chi connectivity index (χ0) is 41.9. The van der Waals surface area contributed by atoms with Crippen molar-refractivity contribution in [3.05, 3.63) is 30.3 Å². The van der Waals surface area contributed by atoms with Gasteiger partial charge >= 0.3 is 0 Å². The zero-order valence-corrected chi connectivity index (χ0v) is 33.3. The molecule has 2 fully saturated rings. The fourth-order valence-electron chi connectivity index (χ4n) is 2.88. The summed E-state index contributed by atoms with van der Waals surface area (Å²) in [6.07, 6.45) is 37.6. The van der Waals surface area contributed by atoms with Crippen LogP contribution in [-0.2, 0) is 42.6 Å². The first-order chi connectivity index (χ1) is 26.9. The molecule has 2 atom stereocenters. The van der Waals surface area contributed by atoms with Gasteiger partial charge in [0.25, 0.3) is 0 Å². The Hall–Kier alpha value is -4.86. The molecular formula is C45H60O10. The summed E-state index contributed by atoms with van der Waals surface area (Å²) in [5.41, 5.74) is 0. The maximum atomic E-state index is 5.26. The molecule has 0 spiro atoms. The monoisotopic (exact) mass is 760 g/mol. The normalized spacial score (nSPS) is 13.4. The van der Waals surface area contributed by atoms with E-state index in [0.717, 1.165) is 31.8 Å². The van der Waals surface area contributed by atoms with E-state index in [4.69, 9.17) is 78.1 Å². The summed E-state index contributed by atoms with van der Waals surface area (Å²) in [6, 6.07) is 9.50. The van der Waals surface area contributed by atoms with Crippen molar-refractivity contribution in [2.45, 2.75) is 58.7 Å². The van der Waals surface area contributed by atoms with E-state index in [0.29, 0.717) is 72.2 Å². The predicted octanol–water partition coefficient (Wildman–Crippen LogP) is 5.11. The number of hydrogen-bond donors (Lipinski definition) is 0. The van der Waals surface area contributed by atoms with E-state index in [1.807, 2.05) is 44.2 Å². The van der Waals surface area contributed by atoms with Crippen molar-refractivity contribution in [1.82, 2.24) is 0 Å². The van der Waals surface area contributed by atoms with Crippen LogP contribution < -0.4 is 4.74 Å². The van der Waals surface area contributed by atoms with Gasteiger partial charge in [0.2, 0.25) is 6.29 Å². The largest absolute Gasteiger partial charge is 0.481 e. The fraction of sp³-hybridized carbons (Fsp3) is 0.511. The number of epoxide rings is 1. The third kappa shape index (κ3) is 56.0. The Morgan fingerprint density at radius 3 is 1.62 bits per heavy atom. The van der Waals surface area contributed by atoms with E-state index in [1.54, 1.807) is 21.1 Å². The molecule has 3 rings (SSSR count). The minimum atomic E-state index is -0.458. The summed E-state index contributed by atoms with van der Waals surface area (Å²) in [5, 5.41) is 0. The molecule has 2 aliphatic heterocycles. The van der Waals surface area contributed by atoms with Crippen LogP contribution in [0.15, 0.2) is 30.3 Å². The van der Waals surface area contributed by atoms with Crippen molar-refractivity contribution in [1.29, 1.82) is 0 Å². The van der Waals surface area contributed by atoms with E-state index < -0.39 is 6.29 Å². The molecule has 55 heavy (non-hydrogen) atoms. The van der Waals surface area contributed by atoms with Gasteiger partial charge in [0.15, 0.2) is 6.29 Å². The Bertz CT molecular complexity index is 1290. The van der Waals surface area contributed by atoms with Crippen LogP contribution in [0.3, 0.4) is 0 Å². The Balaban J connectivity index is -0.000000279. The molecule has 0 saturated carbocycles. The van der Waals surface area contributed by atoms with Gasteiger partial charge in [-0.2, -0.15) is 0 Å². The van der Waals surface area contributed by atoms with E-state index in [9.17, 15) is 0 Å². The van der Waals surface area contributed by atoms with Gasteiger partial charge in [-0.3, -0.25) is 0 Å². The van der Waals surface area contributed by atoms with Crippen LogP contribution in [0, 0.1) is 98.2 Å². The van der Waals surface area contributed by atoms with Crippen molar-refractivity contribution in [2.24, 2.45) is 0 Å². The zero-order valence-electron chi connectivity index (χ0n) is 33.3. The van der Waals surface area contributed by atoms with Gasteiger partial charge in [-0.1, -0.05) is 59.6 Å². The van der Waals surface area contributed by atoms with Crippen LogP contribution in [-0.4, -0.2) is 112 Å².